The van der Waals surface area contributed by atoms with Gasteiger partial charge in [-0.05, 0) is 26.0 Å². The van der Waals surface area contributed by atoms with E-state index in [-0.39, 0.29) is 24.5 Å². The molecule has 1 aliphatic rings. The Balaban J connectivity index is 1.50. The van der Waals surface area contributed by atoms with Crippen molar-refractivity contribution >= 4 is 17.7 Å². The maximum absolute atomic E-state index is 12.8. The number of amides is 2. The smallest absolute Gasteiger partial charge is 0.412 e. The highest BCUT2D eigenvalue weighted by Gasteiger charge is 2.29. The van der Waals surface area contributed by atoms with Gasteiger partial charge in [0.15, 0.2) is 6.10 Å². The molecule has 2 aromatic rings. The van der Waals surface area contributed by atoms with Crippen molar-refractivity contribution in [2.45, 2.75) is 45.8 Å². The van der Waals surface area contributed by atoms with Crippen molar-refractivity contribution < 1.29 is 23.8 Å². The first-order valence-corrected chi connectivity index (χ1v) is 10.7. The van der Waals surface area contributed by atoms with Gasteiger partial charge >= 0.3 is 6.09 Å². The molecule has 2 amide bonds. The van der Waals surface area contributed by atoms with Crippen molar-refractivity contribution in [3.05, 3.63) is 47.9 Å². The first kappa shape index (κ1) is 23.5. The Morgan fingerprint density at radius 3 is 2.69 bits per heavy atom. The molecule has 1 aromatic heterocycles. The van der Waals surface area contributed by atoms with Gasteiger partial charge < -0.3 is 19.1 Å². The lowest BCUT2D eigenvalue weighted by atomic mass is 10.2. The van der Waals surface area contributed by atoms with E-state index in [0.29, 0.717) is 31.3 Å². The second-order valence-electron chi connectivity index (χ2n) is 7.99. The third kappa shape index (κ3) is 6.65. The molecule has 1 fully saturated rings. The molecule has 0 spiro atoms. The van der Waals surface area contributed by atoms with Crippen LogP contribution in [0.3, 0.4) is 0 Å². The van der Waals surface area contributed by atoms with E-state index < -0.39 is 12.2 Å². The Kier molecular flexibility index (Phi) is 7.99. The summed E-state index contributed by atoms with van der Waals surface area (Å²) in [4.78, 5) is 35.3. The molecule has 32 heavy (non-hydrogen) atoms. The highest BCUT2D eigenvalue weighted by molar-refractivity contribution is 5.88. The molecule has 9 nitrogen and oxygen atoms in total. The number of hydrogen-bond acceptors (Lipinski definition) is 7. The van der Waals surface area contributed by atoms with Gasteiger partial charge in [0.25, 0.3) is 5.91 Å². The molecule has 0 aliphatic carbocycles. The predicted molar refractivity (Wildman–Crippen MR) is 119 cm³/mol. The minimum atomic E-state index is -0.920. The van der Waals surface area contributed by atoms with Crippen molar-refractivity contribution in [3.8, 4) is 5.88 Å². The van der Waals surface area contributed by atoms with Gasteiger partial charge in [0, 0.05) is 29.9 Å². The van der Waals surface area contributed by atoms with E-state index in [1.165, 1.54) is 0 Å². The molecule has 172 valence electrons. The van der Waals surface area contributed by atoms with Gasteiger partial charge in [0.1, 0.15) is 18.5 Å². The predicted octanol–water partition coefficient (Wildman–Crippen LogP) is 3.15. The minimum Gasteiger partial charge on any atom is -0.475 e. The van der Waals surface area contributed by atoms with Crippen LogP contribution >= 0.6 is 0 Å². The fourth-order valence-corrected chi connectivity index (χ4v) is 3.23. The van der Waals surface area contributed by atoms with Crippen LogP contribution in [0.4, 0.5) is 10.5 Å². The van der Waals surface area contributed by atoms with Crippen LogP contribution < -0.4 is 10.1 Å². The summed E-state index contributed by atoms with van der Waals surface area (Å²) in [7, 11) is 0. The number of para-hydroxylation sites is 1. The number of aromatic nitrogens is 2. The van der Waals surface area contributed by atoms with E-state index in [1.807, 2.05) is 26.8 Å². The zero-order valence-electron chi connectivity index (χ0n) is 18.9. The Morgan fingerprint density at radius 2 is 1.97 bits per heavy atom. The zero-order chi connectivity index (χ0) is 23.1. The van der Waals surface area contributed by atoms with Crippen molar-refractivity contribution in [1.82, 2.24) is 14.9 Å². The lowest BCUT2D eigenvalue weighted by molar-refractivity contribution is -0.147. The zero-order valence-corrected chi connectivity index (χ0v) is 18.9. The Morgan fingerprint density at radius 1 is 1.22 bits per heavy atom. The van der Waals surface area contributed by atoms with E-state index in [4.69, 9.17) is 14.2 Å². The second kappa shape index (κ2) is 10.9. The number of nitrogens with zero attached hydrogens (tertiary/aromatic N) is 3. The standard InChI is InChI=1S/C23H30N4O5/c1-15(2)21-24-16(3)12-20(26-21)31-14-19-13-27(10-11-30-19)22(28)17(4)32-23(29)25-18-8-6-5-7-9-18/h5-9,12,15,17,19H,10-11,13-14H2,1-4H3,(H,25,29). The number of anilines is 1. The van der Waals surface area contributed by atoms with Crippen LogP contribution in [0.1, 0.15) is 38.2 Å². The molecule has 0 bridgehead atoms. The van der Waals surface area contributed by atoms with Crippen LogP contribution in [0.25, 0.3) is 0 Å². The van der Waals surface area contributed by atoms with Crippen molar-refractivity contribution in [3.63, 3.8) is 0 Å². The van der Waals surface area contributed by atoms with Gasteiger partial charge in [-0.25, -0.2) is 9.78 Å². The monoisotopic (exact) mass is 442 g/mol. The van der Waals surface area contributed by atoms with E-state index in [1.54, 1.807) is 42.2 Å². The first-order valence-electron chi connectivity index (χ1n) is 10.7. The lowest BCUT2D eigenvalue weighted by Gasteiger charge is -2.34. The number of carbonyl (C=O) groups is 2. The van der Waals surface area contributed by atoms with E-state index >= 15 is 0 Å². The van der Waals surface area contributed by atoms with Crippen LogP contribution in [-0.2, 0) is 14.3 Å². The van der Waals surface area contributed by atoms with Crippen LogP contribution in [0.5, 0.6) is 5.88 Å². The average molecular weight is 443 g/mol. The summed E-state index contributed by atoms with van der Waals surface area (Å²) in [6.45, 7) is 8.90. The number of nitrogens with one attached hydrogen (secondary N) is 1. The molecule has 1 N–H and O–H groups in total. The Labute approximate surface area is 188 Å². The lowest BCUT2D eigenvalue weighted by Crippen LogP contribution is -2.51. The van der Waals surface area contributed by atoms with Gasteiger partial charge in [-0.3, -0.25) is 10.1 Å². The number of ether oxygens (including phenoxy) is 3. The summed E-state index contributed by atoms with van der Waals surface area (Å²) in [5.74, 6) is 1.13. The molecule has 9 heteroatoms. The normalized spacial score (nSPS) is 17.0. The van der Waals surface area contributed by atoms with Crippen LogP contribution in [0.2, 0.25) is 0 Å². The maximum atomic E-state index is 12.8. The molecule has 0 radical (unpaired) electrons. The highest BCUT2D eigenvalue weighted by Crippen LogP contribution is 2.17. The van der Waals surface area contributed by atoms with Crippen molar-refractivity contribution in [1.29, 1.82) is 0 Å². The molecule has 1 aliphatic heterocycles. The Bertz CT molecular complexity index is 922. The summed E-state index contributed by atoms with van der Waals surface area (Å²) in [5.41, 5.74) is 1.43. The maximum Gasteiger partial charge on any atom is 0.412 e. The first-order chi connectivity index (χ1) is 15.3. The molecule has 2 unspecified atom stereocenters. The third-order valence-electron chi connectivity index (χ3n) is 4.88. The van der Waals surface area contributed by atoms with Crippen molar-refractivity contribution in [2.24, 2.45) is 0 Å². The average Bonchev–Trinajstić information content (AvgIpc) is 2.77. The van der Waals surface area contributed by atoms with Crippen LogP contribution in [-0.4, -0.2) is 65.4 Å². The molecule has 2 heterocycles. The summed E-state index contributed by atoms with van der Waals surface area (Å²) in [6, 6.07) is 10.7. The third-order valence-corrected chi connectivity index (χ3v) is 4.88. The highest BCUT2D eigenvalue weighted by atomic mass is 16.6. The van der Waals surface area contributed by atoms with Gasteiger partial charge in [-0.1, -0.05) is 32.0 Å². The van der Waals surface area contributed by atoms with Gasteiger partial charge in [-0.2, -0.15) is 4.98 Å². The number of hydrogen-bond donors (Lipinski definition) is 1. The fraction of sp³-hybridized carbons (Fsp3) is 0.478. The fourth-order valence-electron chi connectivity index (χ4n) is 3.23. The Hall–Kier alpha value is -3.20. The van der Waals surface area contributed by atoms with Gasteiger partial charge in [0.05, 0.1) is 13.2 Å². The molecule has 1 aromatic carbocycles. The van der Waals surface area contributed by atoms with Crippen molar-refractivity contribution in [2.75, 3.05) is 31.6 Å². The topological polar surface area (TPSA) is 103 Å². The SMILES string of the molecule is Cc1cc(OCC2CN(C(=O)C(C)OC(=O)Nc3ccccc3)CCO2)nc(C(C)C)n1. The number of aryl methyl sites for hydroxylation is 1. The van der Waals surface area contributed by atoms with Crippen LogP contribution in [0, 0.1) is 6.92 Å². The molecule has 1 saturated heterocycles. The van der Waals surface area contributed by atoms with E-state index in [9.17, 15) is 9.59 Å². The van der Waals surface area contributed by atoms with E-state index in [2.05, 4.69) is 15.3 Å². The number of benzene rings is 1. The molecule has 0 saturated carbocycles. The number of carbonyl (C=O) groups excluding carboxylic acids is 2. The van der Waals surface area contributed by atoms with E-state index in [0.717, 1.165) is 11.5 Å². The quantitative estimate of drug-likeness (QED) is 0.703. The summed E-state index contributed by atoms with van der Waals surface area (Å²) in [5, 5.41) is 2.61. The molecular weight excluding hydrogens is 412 g/mol. The minimum absolute atomic E-state index is 0.192. The summed E-state index contributed by atoms with van der Waals surface area (Å²) in [6.07, 6.45) is -1.91. The molecule has 2 atom stereocenters. The largest absolute Gasteiger partial charge is 0.475 e. The van der Waals surface area contributed by atoms with Gasteiger partial charge in [-0.15, -0.1) is 0 Å². The second-order valence-corrected chi connectivity index (χ2v) is 7.99. The molecular formula is C23H30N4O5. The molecule has 3 rings (SSSR count). The summed E-state index contributed by atoms with van der Waals surface area (Å²) < 4.78 is 16.8. The van der Waals surface area contributed by atoms with Gasteiger partial charge in [0.2, 0.25) is 5.88 Å². The number of rotatable bonds is 7. The van der Waals surface area contributed by atoms with Crippen LogP contribution in [0.15, 0.2) is 36.4 Å². The summed E-state index contributed by atoms with van der Waals surface area (Å²) >= 11 is 0. The number of morpholine rings is 1.